The number of sulfone groups is 1. The number of benzene rings is 1. The lowest BCUT2D eigenvalue weighted by Crippen LogP contribution is -2.25. The molecule has 4 heteroatoms. The van der Waals surface area contributed by atoms with Crippen LogP contribution in [0, 0.1) is 5.92 Å². The quantitative estimate of drug-likeness (QED) is 0.810. The molecule has 0 aliphatic carbocycles. The third-order valence-corrected chi connectivity index (χ3v) is 4.71. The molecular weight excluding hydrogens is 224 g/mol. The number of ether oxygens (including phenoxy) is 1. The first-order valence-corrected chi connectivity index (χ1v) is 7.19. The first-order chi connectivity index (χ1) is 7.68. The van der Waals surface area contributed by atoms with Gasteiger partial charge in [0.05, 0.1) is 17.3 Å². The molecule has 0 bridgehead atoms. The Morgan fingerprint density at radius 1 is 1.25 bits per heavy atom. The molecule has 1 heterocycles. The summed E-state index contributed by atoms with van der Waals surface area (Å²) in [6.45, 7) is 1.34. The Labute approximate surface area is 96.4 Å². The maximum atomic E-state index is 12.0. The van der Waals surface area contributed by atoms with Gasteiger partial charge >= 0.3 is 0 Å². The van der Waals surface area contributed by atoms with E-state index in [-0.39, 0.29) is 11.7 Å². The van der Waals surface area contributed by atoms with Gasteiger partial charge < -0.3 is 4.74 Å². The van der Waals surface area contributed by atoms with E-state index in [0.29, 0.717) is 11.5 Å². The van der Waals surface area contributed by atoms with Crippen molar-refractivity contribution in [2.45, 2.75) is 17.7 Å². The van der Waals surface area contributed by atoms with Crippen LogP contribution in [0.25, 0.3) is 0 Å². The highest BCUT2D eigenvalue weighted by Gasteiger charge is 2.23. The molecule has 16 heavy (non-hydrogen) atoms. The lowest BCUT2D eigenvalue weighted by atomic mass is 10.1. The largest absolute Gasteiger partial charge is 0.381 e. The van der Waals surface area contributed by atoms with Crippen LogP contribution in [0.3, 0.4) is 0 Å². The summed E-state index contributed by atoms with van der Waals surface area (Å²) in [4.78, 5) is 0.417. The molecule has 0 aromatic heterocycles. The molecular formula is C12H16O3S. The first-order valence-electron chi connectivity index (χ1n) is 5.54. The first kappa shape index (κ1) is 11.6. The SMILES string of the molecule is O=S(=O)(C[C@@H]1CCCOC1)c1ccccc1. The molecule has 88 valence electrons. The van der Waals surface area contributed by atoms with E-state index in [0.717, 1.165) is 19.4 Å². The van der Waals surface area contributed by atoms with Crippen molar-refractivity contribution in [2.75, 3.05) is 19.0 Å². The number of hydrogen-bond donors (Lipinski definition) is 0. The smallest absolute Gasteiger partial charge is 0.178 e. The average molecular weight is 240 g/mol. The minimum atomic E-state index is -3.14. The van der Waals surface area contributed by atoms with Gasteiger partial charge in [-0.15, -0.1) is 0 Å². The predicted octanol–water partition coefficient (Wildman–Crippen LogP) is 1.89. The summed E-state index contributed by atoms with van der Waals surface area (Å²) in [5, 5.41) is 0. The van der Waals surface area contributed by atoms with Crippen LogP contribution in [0.2, 0.25) is 0 Å². The molecule has 0 amide bonds. The maximum absolute atomic E-state index is 12.0. The van der Waals surface area contributed by atoms with Gasteiger partial charge in [-0.1, -0.05) is 18.2 Å². The van der Waals surface area contributed by atoms with E-state index in [1.807, 2.05) is 6.07 Å². The van der Waals surface area contributed by atoms with Crippen molar-refractivity contribution in [1.82, 2.24) is 0 Å². The molecule has 1 aromatic rings. The van der Waals surface area contributed by atoms with Crippen LogP contribution in [0.4, 0.5) is 0 Å². The fraction of sp³-hybridized carbons (Fsp3) is 0.500. The zero-order valence-electron chi connectivity index (χ0n) is 9.13. The van der Waals surface area contributed by atoms with Crippen molar-refractivity contribution >= 4 is 9.84 Å². The molecule has 1 aromatic carbocycles. The predicted molar refractivity (Wildman–Crippen MR) is 62.0 cm³/mol. The summed E-state index contributed by atoms with van der Waals surface area (Å²) in [6.07, 6.45) is 1.92. The number of rotatable bonds is 3. The van der Waals surface area contributed by atoms with Crippen LogP contribution in [-0.2, 0) is 14.6 Å². The van der Waals surface area contributed by atoms with Gasteiger partial charge in [0, 0.05) is 6.61 Å². The zero-order valence-corrected chi connectivity index (χ0v) is 9.95. The Balaban J connectivity index is 2.08. The molecule has 2 rings (SSSR count). The average Bonchev–Trinajstić information content (AvgIpc) is 2.31. The van der Waals surface area contributed by atoms with E-state index >= 15 is 0 Å². The Kier molecular flexibility index (Phi) is 3.61. The van der Waals surface area contributed by atoms with Crippen LogP contribution in [0.1, 0.15) is 12.8 Å². The van der Waals surface area contributed by atoms with E-state index in [1.165, 1.54) is 0 Å². The summed E-state index contributed by atoms with van der Waals surface area (Å²) in [5.41, 5.74) is 0. The van der Waals surface area contributed by atoms with Gasteiger partial charge in [-0.2, -0.15) is 0 Å². The van der Waals surface area contributed by atoms with Crippen LogP contribution in [-0.4, -0.2) is 27.4 Å². The zero-order chi connectivity index (χ0) is 11.4. The lowest BCUT2D eigenvalue weighted by molar-refractivity contribution is 0.0626. The van der Waals surface area contributed by atoms with Crippen LogP contribution >= 0.6 is 0 Å². The van der Waals surface area contributed by atoms with Crippen molar-refractivity contribution in [1.29, 1.82) is 0 Å². The minimum absolute atomic E-state index is 0.152. The second-order valence-corrected chi connectivity index (χ2v) is 6.21. The van der Waals surface area contributed by atoms with Gasteiger partial charge in [-0.25, -0.2) is 8.42 Å². The molecule has 0 saturated carbocycles. The van der Waals surface area contributed by atoms with Crippen molar-refractivity contribution in [3.8, 4) is 0 Å². The van der Waals surface area contributed by atoms with Crippen molar-refractivity contribution in [3.63, 3.8) is 0 Å². The molecule has 0 spiro atoms. The summed E-state index contributed by atoms with van der Waals surface area (Å²) < 4.78 is 29.4. The van der Waals surface area contributed by atoms with E-state index in [2.05, 4.69) is 0 Å². The Morgan fingerprint density at radius 3 is 2.62 bits per heavy atom. The fourth-order valence-electron chi connectivity index (χ4n) is 1.97. The van der Waals surface area contributed by atoms with Gasteiger partial charge in [0.2, 0.25) is 0 Å². The highest BCUT2D eigenvalue weighted by Crippen LogP contribution is 2.19. The van der Waals surface area contributed by atoms with Crippen LogP contribution in [0.15, 0.2) is 35.2 Å². The fourth-order valence-corrected chi connectivity index (χ4v) is 3.62. The molecule has 0 radical (unpaired) electrons. The summed E-state index contributed by atoms with van der Waals surface area (Å²) in [7, 11) is -3.14. The molecule has 0 unspecified atom stereocenters. The van der Waals surface area contributed by atoms with E-state index in [4.69, 9.17) is 4.74 Å². The molecule has 3 nitrogen and oxygen atoms in total. The topological polar surface area (TPSA) is 43.4 Å². The highest BCUT2D eigenvalue weighted by molar-refractivity contribution is 7.91. The lowest BCUT2D eigenvalue weighted by Gasteiger charge is -2.21. The standard InChI is InChI=1S/C12H16O3S/c13-16(14,12-6-2-1-3-7-12)10-11-5-4-8-15-9-11/h1-3,6-7,11H,4-5,8-10H2/t11-/m1/s1. The summed E-state index contributed by atoms with van der Waals surface area (Å²) in [5.74, 6) is 0.357. The summed E-state index contributed by atoms with van der Waals surface area (Å²) >= 11 is 0. The van der Waals surface area contributed by atoms with Crippen LogP contribution < -0.4 is 0 Å². The second-order valence-electron chi connectivity index (χ2n) is 4.18. The van der Waals surface area contributed by atoms with Crippen molar-refractivity contribution in [2.24, 2.45) is 5.92 Å². The molecule has 0 N–H and O–H groups in total. The molecule has 1 aliphatic heterocycles. The monoisotopic (exact) mass is 240 g/mol. The van der Waals surface area contributed by atoms with Crippen LogP contribution in [0.5, 0.6) is 0 Å². The van der Waals surface area contributed by atoms with E-state index in [9.17, 15) is 8.42 Å². The maximum Gasteiger partial charge on any atom is 0.178 e. The molecule has 1 atom stereocenters. The van der Waals surface area contributed by atoms with Crippen molar-refractivity contribution in [3.05, 3.63) is 30.3 Å². The van der Waals surface area contributed by atoms with E-state index < -0.39 is 9.84 Å². The minimum Gasteiger partial charge on any atom is -0.381 e. The van der Waals surface area contributed by atoms with Crippen molar-refractivity contribution < 1.29 is 13.2 Å². The van der Waals surface area contributed by atoms with Gasteiger partial charge in [0.1, 0.15) is 0 Å². The normalized spacial score (nSPS) is 21.9. The summed E-state index contributed by atoms with van der Waals surface area (Å²) in [6, 6.07) is 8.63. The molecule has 1 fully saturated rings. The molecule has 1 aliphatic rings. The van der Waals surface area contributed by atoms with Gasteiger partial charge in [0.15, 0.2) is 9.84 Å². The van der Waals surface area contributed by atoms with Gasteiger partial charge in [0.25, 0.3) is 0 Å². The Morgan fingerprint density at radius 2 is 2.00 bits per heavy atom. The third kappa shape index (κ3) is 2.83. The molecule has 1 saturated heterocycles. The number of hydrogen-bond acceptors (Lipinski definition) is 3. The van der Waals surface area contributed by atoms with E-state index in [1.54, 1.807) is 24.3 Å². The van der Waals surface area contributed by atoms with Gasteiger partial charge in [-0.05, 0) is 30.9 Å². The third-order valence-electron chi connectivity index (χ3n) is 2.81. The Bertz CT molecular complexity index is 419. The second kappa shape index (κ2) is 4.97. The van der Waals surface area contributed by atoms with Gasteiger partial charge in [-0.3, -0.25) is 0 Å². The Hall–Kier alpha value is -0.870. The highest BCUT2D eigenvalue weighted by atomic mass is 32.2.